The lowest BCUT2D eigenvalue weighted by molar-refractivity contribution is -0.111. The summed E-state index contributed by atoms with van der Waals surface area (Å²) in [6.07, 6.45) is 1.23. The number of carbonyl (C=O) groups is 1. The summed E-state index contributed by atoms with van der Waals surface area (Å²) in [4.78, 5) is 11.7. The number of carbonyl (C=O) groups excluding carboxylic acids is 1. The SMILES string of the molecule is C=CC(=O)Nc1cccc(-c2nn(-c3ccc(Cl)cc3Cl)c(-c3ccc(Cl)cc3)c2C)c1. The van der Waals surface area contributed by atoms with Crippen LogP contribution in [0.25, 0.3) is 28.2 Å². The van der Waals surface area contributed by atoms with Gasteiger partial charge < -0.3 is 5.32 Å². The second-order valence-electron chi connectivity index (χ2n) is 7.11. The quantitative estimate of drug-likeness (QED) is 0.298. The van der Waals surface area contributed by atoms with Crippen LogP contribution in [0.2, 0.25) is 15.1 Å². The van der Waals surface area contributed by atoms with Crippen molar-refractivity contribution in [2.75, 3.05) is 5.32 Å². The first-order valence-corrected chi connectivity index (χ1v) is 10.9. The van der Waals surface area contributed by atoms with Crippen molar-refractivity contribution in [1.29, 1.82) is 0 Å². The summed E-state index contributed by atoms with van der Waals surface area (Å²) in [6.45, 7) is 5.50. The number of hydrogen-bond acceptors (Lipinski definition) is 2. The van der Waals surface area contributed by atoms with E-state index in [0.717, 1.165) is 28.1 Å². The molecule has 160 valence electrons. The van der Waals surface area contributed by atoms with Gasteiger partial charge in [-0.2, -0.15) is 5.10 Å². The zero-order chi connectivity index (χ0) is 22.8. The highest BCUT2D eigenvalue weighted by molar-refractivity contribution is 6.35. The van der Waals surface area contributed by atoms with Crippen molar-refractivity contribution in [1.82, 2.24) is 9.78 Å². The Bertz CT molecular complexity index is 1330. The van der Waals surface area contributed by atoms with Gasteiger partial charge in [0.25, 0.3) is 0 Å². The number of benzene rings is 3. The maximum absolute atomic E-state index is 11.7. The second-order valence-corrected chi connectivity index (χ2v) is 8.39. The normalized spacial score (nSPS) is 10.8. The van der Waals surface area contributed by atoms with Gasteiger partial charge in [0, 0.05) is 32.4 Å². The molecule has 1 amide bonds. The van der Waals surface area contributed by atoms with E-state index in [1.165, 1.54) is 6.08 Å². The molecule has 4 rings (SSSR count). The van der Waals surface area contributed by atoms with Crippen molar-refractivity contribution in [3.8, 4) is 28.2 Å². The molecule has 0 bridgehead atoms. The molecule has 0 unspecified atom stereocenters. The fourth-order valence-electron chi connectivity index (χ4n) is 3.48. The van der Waals surface area contributed by atoms with Gasteiger partial charge in [0.15, 0.2) is 0 Å². The first kappa shape index (κ1) is 22.2. The standard InChI is InChI=1S/C25H18Cl3N3O/c1-3-23(32)29-20-6-4-5-17(13-20)24-15(2)25(16-7-9-18(26)10-8-16)31(30-24)22-12-11-19(27)14-21(22)28/h3-14H,1H2,2H3,(H,29,32). The topological polar surface area (TPSA) is 46.9 Å². The van der Waals surface area contributed by atoms with Crippen LogP contribution in [0.15, 0.2) is 79.4 Å². The third-order valence-electron chi connectivity index (χ3n) is 4.97. The van der Waals surface area contributed by atoms with Crippen molar-refractivity contribution in [3.05, 3.63) is 100 Å². The van der Waals surface area contributed by atoms with Gasteiger partial charge in [-0.1, -0.05) is 65.6 Å². The molecule has 0 saturated carbocycles. The first-order valence-electron chi connectivity index (χ1n) is 9.72. The minimum Gasteiger partial charge on any atom is -0.323 e. The molecule has 0 saturated heterocycles. The van der Waals surface area contributed by atoms with Crippen molar-refractivity contribution in [2.45, 2.75) is 6.92 Å². The average molecular weight is 483 g/mol. The van der Waals surface area contributed by atoms with E-state index >= 15 is 0 Å². The van der Waals surface area contributed by atoms with E-state index in [9.17, 15) is 4.79 Å². The number of nitrogens with zero attached hydrogens (tertiary/aromatic N) is 2. The third-order valence-corrected chi connectivity index (χ3v) is 5.76. The Morgan fingerprint density at radius 1 is 0.969 bits per heavy atom. The number of halogens is 3. The van der Waals surface area contributed by atoms with Gasteiger partial charge in [0.1, 0.15) is 0 Å². The number of rotatable bonds is 5. The highest BCUT2D eigenvalue weighted by Crippen LogP contribution is 2.37. The van der Waals surface area contributed by atoms with Crippen LogP contribution in [-0.4, -0.2) is 15.7 Å². The summed E-state index contributed by atoms with van der Waals surface area (Å²) in [7, 11) is 0. The summed E-state index contributed by atoms with van der Waals surface area (Å²) in [5.41, 5.74) is 5.73. The Hall–Kier alpha value is -3.05. The van der Waals surface area contributed by atoms with Gasteiger partial charge in [-0.05, 0) is 55.5 Å². The van der Waals surface area contributed by atoms with Crippen LogP contribution in [0, 0.1) is 6.92 Å². The molecule has 4 aromatic rings. The van der Waals surface area contributed by atoms with Crippen LogP contribution in [0.1, 0.15) is 5.56 Å². The molecule has 0 aliphatic rings. The van der Waals surface area contributed by atoms with E-state index < -0.39 is 0 Å². The van der Waals surface area contributed by atoms with Crippen LogP contribution in [-0.2, 0) is 4.79 Å². The van der Waals surface area contributed by atoms with Crippen molar-refractivity contribution in [2.24, 2.45) is 0 Å². The molecule has 32 heavy (non-hydrogen) atoms. The first-order chi connectivity index (χ1) is 15.4. The summed E-state index contributed by atoms with van der Waals surface area (Å²) >= 11 is 18.8. The summed E-state index contributed by atoms with van der Waals surface area (Å²) in [5, 5.41) is 9.36. The number of nitrogens with one attached hydrogen (secondary N) is 1. The molecule has 0 radical (unpaired) electrons. The monoisotopic (exact) mass is 481 g/mol. The third kappa shape index (κ3) is 4.44. The van der Waals surface area contributed by atoms with E-state index in [1.54, 1.807) is 12.1 Å². The van der Waals surface area contributed by atoms with Crippen molar-refractivity contribution < 1.29 is 4.79 Å². The largest absolute Gasteiger partial charge is 0.323 e. The lowest BCUT2D eigenvalue weighted by atomic mass is 10.0. The van der Waals surface area contributed by atoms with Crippen LogP contribution in [0.4, 0.5) is 5.69 Å². The van der Waals surface area contributed by atoms with E-state index in [0.29, 0.717) is 26.4 Å². The zero-order valence-electron chi connectivity index (χ0n) is 17.1. The molecule has 0 aliphatic heterocycles. The molecular weight excluding hydrogens is 465 g/mol. The molecule has 1 N–H and O–H groups in total. The van der Waals surface area contributed by atoms with Gasteiger partial charge in [0.05, 0.1) is 22.1 Å². The fraction of sp³-hybridized carbons (Fsp3) is 0.0400. The maximum Gasteiger partial charge on any atom is 0.247 e. The molecule has 1 aromatic heterocycles. The van der Waals surface area contributed by atoms with Gasteiger partial charge >= 0.3 is 0 Å². The van der Waals surface area contributed by atoms with Crippen molar-refractivity contribution in [3.63, 3.8) is 0 Å². The van der Waals surface area contributed by atoms with E-state index in [-0.39, 0.29) is 5.91 Å². The van der Waals surface area contributed by atoms with Crippen LogP contribution < -0.4 is 5.32 Å². The number of amides is 1. The highest BCUT2D eigenvalue weighted by Gasteiger charge is 2.20. The molecule has 0 spiro atoms. The summed E-state index contributed by atoms with van der Waals surface area (Å²) < 4.78 is 1.81. The molecule has 0 aliphatic carbocycles. The van der Waals surface area contributed by atoms with Crippen LogP contribution in [0.5, 0.6) is 0 Å². The Morgan fingerprint density at radius 2 is 1.69 bits per heavy atom. The molecule has 3 aromatic carbocycles. The molecular formula is C25H18Cl3N3O. The molecule has 1 heterocycles. The second kappa shape index (κ2) is 9.21. The lowest BCUT2D eigenvalue weighted by Crippen LogP contribution is -2.07. The summed E-state index contributed by atoms with van der Waals surface area (Å²) in [6, 6.07) is 20.3. The van der Waals surface area contributed by atoms with Gasteiger partial charge in [-0.15, -0.1) is 0 Å². The molecule has 4 nitrogen and oxygen atoms in total. The Labute approximate surface area is 201 Å². The fourth-order valence-corrected chi connectivity index (χ4v) is 4.10. The van der Waals surface area contributed by atoms with E-state index in [4.69, 9.17) is 39.9 Å². The zero-order valence-corrected chi connectivity index (χ0v) is 19.3. The molecule has 0 fully saturated rings. The Kier molecular flexibility index (Phi) is 6.38. The number of aromatic nitrogens is 2. The van der Waals surface area contributed by atoms with Gasteiger partial charge in [-0.25, -0.2) is 4.68 Å². The minimum absolute atomic E-state index is 0.279. The van der Waals surface area contributed by atoms with Crippen LogP contribution >= 0.6 is 34.8 Å². The van der Waals surface area contributed by atoms with Crippen LogP contribution in [0.3, 0.4) is 0 Å². The highest BCUT2D eigenvalue weighted by atomic mass is 35.5. The maximum atomic E-state index is 11.7. The van der Waals surface area contributed by atoms with Gasteiger partial charge in [0.2, 0.25) is 5.91 Å². The van der Waals surface area contributed by atoms with E-state index in [2.05, 4.69) is 11.9 Å². The van der Waals surface area contributed by atoms with E-state index in [1.807, 2.05) is 66.2 Å². The minimum atomic E-state index is -0.279. The Balaban J connectivity index is 1.92. The molecule has 7 heteroatoms. The Morgan fingerprint density at radius 3 is 2.38 bits per heavy atom. The number of anilines is 1. The average Bonchev–Trinajstić information content (AvgIpc) is 3.11. The smallest absolute Gasteiger partial charge is 0.247 e. The molecule has 0 atom stereocenters. The van der Waals surface area contributed by atoms with Gasteiger partial charge in [-0.3, -0.25) is 4.79 Å². The van der Waals surface area contributed by atoms with Crippen molar-refractivity contribution >= 4 is 46.4 Å². The lowest BCUT2D eigenvalue weighted by Gasteiger charge is -2.11. The summed E-state index contributed by atoms with van der Waals surface area (Å²) in [5.74, 6) is -0.279. The predicted molar refractivity (Wildman–Crippen MR) is 133 cm³/mol. The predicted octanol–water partition coefficient (Wildman–Crippen LogP) is 7.60. The number of hydrogen-bond donors (Lipinski definition) is 1.